The molecule has 10 heteroatoms. The monoisotopic (exact) mass is 850 g/mol. The summed E-state index contributed by atoms with van der Waals surface area (Å²) >= 11 is 5.34. The lowest BCUT2D eigenvalue weighted by atomic mass is 9.92. The van der Waals surface area contributed by atoms with E-state index in [1.807, 2.05) is 113 Å². The van der Waals surface area contributed by atoms with Crippen LogP contribution >= 0.6 is 11.6 Å². The van der Waals surface area contributed by atoms with Gasteiger partial charge < -0.3 is 9.47 Å². The minimum absolute atomic E-state index is 0.0708. The second-order valence-electron chi connectivity index (χ2n) is 17.3. The zero-order valence-electron chi connectivity index (χ0n) is 35.5. The highest BCUT2D eigenvalue weighted by Crippen LogP contribution is 2.81. The average Bonchev–Trinajstić information content (AvgIpc) is 3.87. The van der Waals surface area contributed by atoms with Gasteiger partial charge in [0.05, 0.1) is 11.7 Å². The molecule has 3 nitrogen and oxygen atoms in total. The lowest BCUT2D eigenvalue weighted by Gasteiger charge is -2.22. The first-order chi connectivity index (χ1) is 27.8. The fraction of sp³-hybridized carbons (Fsp3) is 0.380. The predicted octanol–water partition coefficient (Wildman–Crippen LogP) is 14.9. The minimum Gasteiger partial charge on any atom is -0.493 e. The average molecular weight is 851 g/mol. The van der Waals surface area contributed by atoms with E-state index in [1.165, 1.54) is 6.08 Å². The van der Waals surface area contributed by atoms with Gasteiger partial charge in [-0.3, -0.25) is 4.79 Å². The van der Waals surface area contributed by atoms with Crippen molar-refractivity contribution in [2.75, 3.05) is 0 Å². The summed E-state index contributed by atoms with van der Waals surface area (Å²) in [6.07, 6.45) is -6.67. The third-order valence-electron chi connectivity index (χ3n) is 13.6. The second kappa shape index (κ2) is 16.9. The molecule has 0 bridgehead atoms. The summed E-state index contributed by atoms with van der Waals surface area (Å²) in [6, 6.07) is 31.9. The number of hydrogen-bond acceptors (Lipinski definition) is 3. The van der Waals surface area contributed by atoms with Crippen molar-refractivity contribution in [3.63, 3.8) is 0 Å². The summed E-state index contributed by atoms with van der Waals surface area (Å²) in [6.45, 7) is 20.9. The van der Waals surface area contributed by atoms with Crippen LogP contribution in [0.1, 0.15) is 70.7 Å². The molecular weight excluding hydrogens is 798 g/mol. The van der Waals surface area contributed by atoms with E-state index in [0.717, 1.165) is 57.5 Å². The Labute approximate surface area is 355 Å². The van der Waals surface area contributed by atoms with Crippen LogP contribution in [-0.2, 0) is 27.5 Å². The molecule has 60 heavy (non-hydrogen) atoms. The molecule has 0 amide bonds. The number of rotatable bonds is 11. The summed E-state index contributed by atoms with van der Waals surface area (Å²) in [5.74, 6) is -1.22. The van der Waals surface area contributed by atoms with Gasteiger partial charge in [0.25, 0.3) is 0 Å². The lowest BCUT2D eigenvalue weighted by Crippen LogP contribution is -2.15. The zero-order valence-corrected chi connectivity index (χ0v) is 36.3. The number of esters is 1. The van der Waals surface area contributed by atoms with Crippen molar-refractivity contribution in [2.24, 2.45) is 33.5 Å². The highest BCUT2D eigenvalue weighted by molar-refractivity contribution is 6.30. The number of hydrogen-bond donors (Lipinski definition) is 0. The maximum absolute atomic E-state index is 13.2. The molecule has 2 saturated carbocycles. The van der Waals surface area contributed by atoms with Gasteiger partial charge in [-0.25, -0.2) is 0 Å². The van der Waals surface area contributed by atoms with Gasteiger partial charge in [-0.05, 0) is 82.0 Å². The molecule has 2 aliphatic carbocycles. The van der Waals surface area contributed by atoms with Crippen molar-refractivity contribution in [3.8, 4) is 22.3 Å². The summed E-state index contributed by atoms with van der Waals surface area (Å²) < 4.78 is 89.2. The molecule has 6 rings (SSSR count). The molecule has 0 spiro atoms. The van der Waals surface area contributed by atoms with Gasteiger partial charge in [-0.1, -0.05) is 169 Å². The number of carbonyl (C=O) groups excluding carboxylic acids is 1. The SMILES string of the molecule is C=C(OCc1cccc(-c2ccccc2)c1C)[C@@]1(C)C(C)(C)[C@@]1(C)/C=C(\C)C(F)(F)F.Cc1c(COC(=O)[C@H]2[C@@H](/C=C(\Cl)C(F)(F)F)C2(C)C)cccc1-c1ccccc1. The third-order valence-corrected chi connectivity index (χ3v) is 14.0. The first kappa shape index (κ1) is 46.3. The van der Waals surface area contributed by atoms with E-state index in [4.69, 9.17) is 21.1 Å². The van der Waals surface area contributed by atoms with E-state index in [-0.39, 0.29) is 6.61 Å². The Morgan fingerprint density at radius 2 is 1.15 bits per heavy atom. The zero-order chi connectivity index (χ0) is 44.6. The van der Waals surface area contributed by atoms with Crippen LogP contribution in [-0.4, -0.2) is 18.3 Å². The highest BCUT2D eigenvalue weighted by atomic mass is 35.5. The van der Waals surface area contributed by atoms with Gasteiger partial charge in [0.1, 0.15) is 18.2 Å². The molecule has 0 saturated heterocycles. The molecule has 0 aliphatic heterocycles. The van der Waals surface area contributed by atoms with Crippen molar-refractivity contribution >= 4 is 17.6 Å². The van der Waals surface area contributed by atoms with Crippen molar-refractivity contribution in [2.45, 2.75) is 87.9 Å². The molecule has 0 unspecified atom stereocenters. The van der Waals surface area contributed by atoms with Crippen molar-refractivity contribution < 1.29 is 40.6 Å². The van der Waals surface area contributed by atoms with Crippen molar-refractivity contribution in [3.05, 3.63) is 154 Å². The van der Waals surface area contributed by atoms with E-state index < -0.39 is 62.4 Å². The molecule has 0 aromatic heterocycles. The molecule has 4 aromatic rings. The van der Waals surface area contributed by atoms with Crippen molar-refractivity contribution in [1.29, 1.82) is 0 Å². The van der Waals surface area contributed by atoms with Crippen LogP contribution in [0.4, 0.5) is 26.3 Å². The van der Waals surface area contributed by atoms with E-state index in [0.29, 0.717) is 12.4 Å². The molecule has 2 aliphatic rings. The van der Waals surface area contributed by atoms with Gasteiger partial charge in [0, 0.05) is 16.4 Å². The maximum atomic E-state index is 13.2. The normalized spacial score (nSPS) is 23.2. The molecule has 0 N–H and O–H groups in total. The number of halogens is 7. The Morgan fingerprint density at radius 3 is 1.58 bits per heavy atom. The first-order valence-electron chi connectivity index (χ1n) is 19.8. The molecule has 320 valence electrons. The standard InChI is InChI=1S/C27H31F3O.C23H22ClF3O2/c1-18(27(28,29)30)16-25(6)24(4,5)26(25,7)20(3)31-17-22-14-11-15-23(19(22)2)21-12-9-8-10-13-21;1-14-16(10-7-11-17(14)15-8-5-4-6-9-15)13-29-21(28)20-18(22(20,2)3)12-19(24)23(25,26)27/h8-16H,3,17H2,1-2,4-7H3;4-12,18,20H,13H2,1-3H3/b18-16+;19-12-/t25-,26+;18-,20-/m11/s1. The van der Waals surface area contributed by atoms with Gasteiger partial charge in [-0.2, -0.15) is 26.3 Å². The Hall–Kier alpha value is -4.76. The van der Waals surface area contributed by atoms with Gasteiger partial charge >= 0.3 is 18.3 Å². The minimum atomic E-state index is -4.61. The van der Waals surface area contributed by atoms with Gasteiger partial charge in [0.2, 0.25) is 0 Å². The summed E-state index contributed by atoms with van der Waals surface area (Å²) in [7, 11) is 0. The van der Waals surface area contributed by atoms with Crippen LogP contribution in [0.2, 0.25) is 0 Å². The number of ether oxygens (including phenoxy) is 2. The van der Waals surface area contributed by atoms with Crippen LogP contribution in [0.15, 0.2) is 132 Å². The van der Waals surface area contributed by atoms with Gasteiger partial charge in [-0.15, -0.1) is 0 Å². The van der Waals surface area contributed by atoms with Crippen LogP contribution in [0.3, 0.4) is 0 Å². The highest BCUT2D eigenvalue weighted by Gasteiger charge is 2.78. The van der Waals surface area contributed by atoms with Crippen LogP contribution in [0.25, 0.3) is 22.3 Å². The molecule has 0 heterocycles. The summed E-state index contributed by atoms with van der Waals surface area (Å²) in [5, 5.41) is -1.20. The maximum Gasteiger partial charge on any atom is 0.426 e. The third kappa shape index (κ3) is 8.97. The van der Waals surface area contributed by atoms with E-state index in [2.05, 4.69) is 31.7 Å². The largest absolute Gasteiger partial charge is 0.493 e. The topological polar surface area (TPSA) is 35.5 Å². The Bertz CT molecular complexity index is 2270. The predicted molar refractivity (Wildman–Crippen MR) is 228 cm³/mol. The number of carbonyl (C=O) groups is 1. The molecule has 4 atom stereocenters. The fourth-order valence-electron chi connectivity index (χ4n) is 8.64. The van der Waals surface area contributed by atoms with E-state index in [9.17, 15) is 31.1 Å². The summed E-state index contributed by atoms with van der Waals surface area (Å²) in [5.41, 5.74) is 5.49. The van der Waals surface area contributed by atoms with Gasteiger partial charge in [0.15, 0.2) is 0 Å². The van der Waals surface area contributed by atoms with Crippen LogP contribution in [0.5, 0.6) is 0 Å². The van der Waals surface area contributed by atoms with Crippen LogP contribution in [0, 0.1) is 47.3 Å². The Kier molecular flexibility index (Phi) is 13.1. The molecule has 0 radical (unpaired) electrons. The summed E-state index contributed by atoms with van der Waals surface area (Å²) in [4.78, 5) is 12.5. The van der Waals surface area contributed by atoms with E-state index in [1.54, 1.807) is 13.8 Å². The molecule has 2 fully saturated rings. The quantitative estimate of drug-likeness (QED) is 0.0653. The number of benzene rings is 4. The molecular formula is C50H53ClF6O3. The Balaban J connectivity index is 0.000000228. The Morgan fingerprint density at radius 1 is 0.700 bits per heavy atom. The second-order valence-corrected chi connectivity index (χ2v) is 17.8. The lowest BCUT2D eigenvalue weighted by molar-refractivity contribution is -0.147. The number of alkyl halides is 6. The number of allylic oxidation sites excluding steroid dienone is 5. The first-order valence-corrected chi connectivity index (χ1v) is 20.2. The van der Waals surface area contributed by atoms with E-state index >= 15 is 0 Å². The fourth-order valence-corrected chi connectivity index (χ4v) is 8.78. The molecule has 4 aromatic carbocycles. The van der Waals surface area contributed by atoms with Crippen molar-refractivity contribution in [1.82, 2.24) is 0 Å². The van der Waals surface area contributed by atoms with Crippen LogP contribution < -0.4 is 0 Å². The smallest absolute Gasteiger partial charge is 0.426 e.